The molecule has 1 amide bonds. The van der Waals surface area contributed by atoms with Crippen LogP contribution < -0.4 is 5.32 Å². The summed E-state index contributed by atoms with van der Waals surface area (Å²) in [6.07, 6.45) is 4.84. The van der Waals surface area contributed by atoms with Gasteiger partial charge in [0.15, 0.2) is 0 Å². The van der Waals surface area contributed by atoms with E-state index in [1.165, 1.54) is 7.11 Å². The lowest BCUT2D eigenvalue weighted by molar-refractivity contribution is -0.147. The summed E-state index contributed by atoms with van der Waals surface area (Å²) in [6, 6.07) is 1.59. The lowest BCUT2D eigenvalue weighted by Gasteiger charge is -2.23. The average molecular weight is 294 g/mol. The van der Waals surface area contributed by atoms with E-state index in [4.69, 9.17) is 9.26 Å². The zero-order chi connectivity index (χ0) is 15.2. The maximum atomic E-state index is 12.1. The Hall–Kier alpha value is -1.85. The Bertz CT molecular complexity index is 498. The van der Waals surface area contributed by atoms with Crippen molar-refractivity contribution in [2.75, 3.05) is 7.11 Å². The van der Waals surface area contributed by atoms with Gasteiger partial charge in [-0.1, -0.05) is 24.4 Å². The van der Waals surface area contributed by atoms with E-state index < -0.39 is 0 Å². The molecule has 0 aliphatic heterocycles. The third-order valence-corrected chi connectivity index (χ3v) is 3.88. The fourth-order valence-electron chi connectivity index (χ4n) is 2.84. The fraction of sp³-hybridized carbons (Fsp3) is 0.667. The molecule has 1 aromatic rings. The van der Waals surface area contributed by atoms with E-state index in [0.717, 1.165) is 32.1 Å². The molecule has 0 bridgehead atoms. The molecule has 21 heavy (non-hydrogen) atoms. The van der Waals surface area contributed by atoms with Crippen LogP contribution in [0.15, 0.2) is 10.6 Å². The molecule has 116 valence electrons. The Morgan fingerprint density at radius 1 is 1.38 bits per heavy atom. The van der Waals surface area contributed by atoms with Crippen LogP contribution in [0.3, 0.4) is 0 Å². The molecule has 6 nitrogen and oxygen atoms in total. The molecule has 1 N–H and O–H groups in total. The third-order valence-electron chi connectivity index (χ3n) is 3.88. The van der Waals surface area contributed by atoms with Crippen LogP contribution in [0.4, 0.5) is 0 Å². The van der Waals surface area contributed by atoms with Crippen molar-refractivity contribution in [1.82, 2.24) is 10.5 Å². The Labute approximate surface area is 124 Å². The zero-order valence-electron chi connectivity index (χ0n) is 12.6. The predicted octanol–water partition coefficient (Wildman–Crippen LogP) is 1.76. The molecular formula is C15H22N2O4. The highest BCUT2D eigenvalue weighted by atomic mass is 16.5. The molecule has 1 heterocycles. The van der Waals surface area contributed by atoms with E-state index in [1.807, 2.05) is 0 Å². The van der Waals surface area contributed by atoms with Gasteiger partial charge < -0.3 is 14.6 Å². The SMILES string of the molecule is COC(=O)C1CCCCCC1NC(=O)Cc1cc(C)on1. The maximum Gasteiger partial charge on any atom is 0.310 e. The third kappa shape index (κ3) is 4.31. The van der Waals surface area contributed by atoms with Crippen LogP contribution in [-0.4, -0.2) is 30.2 Å². The Kier molecular flexibility index (Phi) is 5.36. The molecule has 0 spiro atoms. The highest BCUT2D eigenvalue weighted by Crippen LogP contribution is 2.24. The van der Waals surface area contributed by atoms with Crippen LogP contribution in [0.2, 0.25) is 0 Å². The number of ether oxygens (including phenoxy) is 1. The standard InChI is InChI=1S/C15H22N2O4/c1-10-8-11(17-21-10)9-14(18)16-13-7-5-3-4-6-12(13)15(19)20-2/h8,12-13H,3-7,9H2,1-2H3,(H,16,18). The number of carbonyl (C=O) groups is 2. The number of rotatable bonds is 4. The van der Waals surface area contributed by atoms with Gasteiger partial charge in [-0.3, -0.25) is 9.59 Å². The molecule has 1 fully saturated rings. The van der Waals surface area contributed by atoms with Crippen molar-refractivity contribution in [2.45, 2.75) is 51.5 Å². The number of aryl methyl sites for hydroxylation is 1. The van der Waals surface area contributed by atoms with Crippen LogP contribution in [0, 0.1) is 12.8 Å². The Morgan fingerprint density at radius 2 is 2.14 bits per heavy atom. The van der Waals surface area contributed by atoms with E-state index in [0.29, 0.717) is 11.5 Å². The second kappa shape index (κ2) is 7.24. The van der Waals surface area contributed by atoms with Gasteiger partial charge in [0.05, 0.1) is 25.1 Å². The van der Waals surface area contributed by atoms with Gasteiger partial charge in [0.1, 0.15) is 5.76 Å². The summed E-state index contributed by atoms with van der Waals surface area (Å²) < 4.78 is 9.81. The van der Waals surface area contributed by atoms with E-state index in [9.17, 15) is 9.59 Å². The van der Waals surface area contributed by atoms with Gasteiger partial charge >= 0.3 is 5.97 Å². The number of nitrogens with one attached hydrogen (secondary N) is 1. The van der Waals surface area contributed by atoms with Crippen molar-refractivity contribution in [3.63, 3.8) is 0 Å². The first-order valence-electron chi connectivity index (χ1n) is 7.39. The average Bonchev–Trinajstić information content (AvgIpc) is 2.72. The van der Waals surface area contributed by atoms with Crippen molar-refractivity contribution >= 4 is 11.9 Å². The molecule has 6 heteroatoms. The monoisotopic (exact) mass is 294 g/mol. The van der Waals surface area contributed by atoms with Gasteiger partial charge in [-0.25, -0.2) is 0 Å². The zero-order valence-corrected chi connectivity index (χ0v) is 12.6. The molecule has 1 aliphatic carbocycles. The second-order valence-electron chi connectivity index (χ2n) is 5.55. The summed E-state index contributed by atoms with van der Waals surface area (Å²) in [5, 5.41) is 6.77. The molecule has 2 rings (SSSR count). The number of hydrogen-bond donors (Lipinski definition) is 1. The Balaban J connectivity index is 1.96. The first-order valence-corrected chi connectivity index (χ1v) is 7.39. The van der Waals surface area contributed by atoms with Crippen molar-refractivity contribution < 1.29 is 18.8 Å². The molecule has 2 atom stereocenters. The second-order valence-corrected chi connectivity index (χ2v) is 5.55. The largest absolute Gasteiger partial charge is 0.469 e. The van der Waals surface area contributed by atoms with Crippen molar-refractivity contribution in [1.29, 1.82) is 0 Å². The van der Waals surface area contributed by atoms with Crippen molar-refractivity contribution in [3.8, 4) is 0 Å². The van der Waals surface area contributed by atoms with Gasteiger partial charge in [0.2, 0.25) is 5.91 Å². The first-order chi connectivity index (χ1) is 10.1. The van der Waals surface area contributed by atoms with Crippen LogP contribution in [0.25, 0.3) is 0 Å². The molecule has 2 unspecified atom stereocenters. The Morgan fingerprint density at radius 3 is 2.81 bits per heavy atom. The lowest BCUT2D eigenvalue weighted by Crippen LogP contribution is -2.43. The normalized spacial score (nSPS) is 22.4. The number of carbonyl (C=O) groups excluding carboxylic acids is 2. The van der Waals surface area contributed by atoms with Crippen molar-refractivity contribution in [2.24, 2.45) is 5.92 Å². The molecule has 1 aliphatic rings. The van der Waals surface area contributed by atoms with Crippen LogP contribution >= 0.6 is 0 Å². The maximum absolute atomic E-state index is 12.1. The lowest BCUT2D eigenvalue weighted by atomic mass is 9.94. The van der Waals surface area contributed by atoms with Crippen LogP contribution in [0.1, 0.15) is 43.6 Å². The number of nitrogens with zero attached hydrogens (tertiary/aromatic N) is 1. The quantitative estimate of drug-likeness (QED) is 0.676. The molecule has 0 radical (unpaired) electrons. The minimum atomic E-state index is -0.250. The minimum Gasteiger partial charge on any atom is -0.469 e. The van der Waals surface area contributed by atoms with E-state index in [2.05, 4.69) is 10.5 Å². The fourth-order valence-corrected chi connectivity index (χ4v) is 2.84. The predicted molar refractivity (Wildman–Crippen MR) is 75.5 cm³/mol. The summed E-state index contributed by atoms with van der Waals surface area (Å²) in [5.41, 5.74) is 0.605. The number of aromatic nitrogens is 1. The van der Waals surface area contributed by atoms with Gasteiger partial charge in [-0.2, -0.15) is 0 Å². The number of amides is 1. The number of esters is 1. The smallest absolute Gasteiger partial charge is 0.310 e. The van der Waals surface area contributed by atoms with E-state index in [1.54, 1.807) is 13.0 Å². The van der Waals surface area contributed by atoms with Crippen molar-refractivity contribution in [3.05, 3.63) is 17.5 Å². The summed E-state index contributed by atoms with van der Waals surface area (Å²) >= 11 is 0. The number of hydrogen-bond acceptors (Lipinski definition) is 5. The first kappa shape index (κ1) is 15.5. The van der Waals surface area contributed by atoms with Gasteiger partial charge in [0.25, 0.3) is 0 Å². The van der Waals surface area contributed by atoms with Gasteiger partial charge in [-0.15, -0.1) is 0 Å². The minimum absolute atomic E-state index is 0.135. The summed E-state index contributed by atoms with van der Waals surface area (Å²) in [7, 11) is 1.39. The topological polar surface area (TPSA) is 81.4 Å². The molecule has 0 aromatic carbocycles. The molecule has 1 aromatic heterocycles. The van der Waals surface area contributed by atoms with E-state index >= 15 is 0 Å². The van der Waals surface area contributed by atoms with Gasteiger partial charge in [0, 0.05) is 12.1 Å². The molecule has 1 saturated carbocycles. The van der Waals surface area contributed by atoms with E-state index in [-0.39, 0.29) is 30.3 Å². The summed E-state index contributed by atoms with van der Waals surface area (Å²) in [6.45, 7) is 1.78. The molecular weight excluding hydrogens is 272 g/mol. The van der Waals surface area contributed by atoms with Crippen LogP contribution in [-0.2, 0) is 20.7 Å². The van der Waals surface area contributed by atoms with Gasteiger partial charge in [-0.05, 0) is 19.8 Å². The number of methoxy groups -OCH3 is 1. The highest BCUT2D eigenvalue weighted by Gasteiger charge is 2.31. The summed E-state index contributed by atoms with van der Waals surface area (Å²) in [4.78, 5) is 24.0. The molecule has 0 saturated heterocycles. The van der Waals surface area contributed by atoms with Crippen LogP contribution in [0.5, 0.6) is 0 Å². The highest BCUT2D eigenvalue weighted by molar-refractivity contribution is 5.80. The summed E-state index contributed by atoms with van der Waals surface area (Å²) in [5.74, 6) is 0.0591.